The van der Waals surface area contributed by atoms with Gasteiger partial charge in [0.2, 0.25) is 0 Å². The molecule has 0 unspecified atom stereocenters. The van der Waals surface area contributed by atoms with Gasteiger partial charge in [0.25, 0.3) is 0 Å². The molecule has 0 aliphatic heterocycles. The van der Waals surface area contributed by atoms with Crippen LogP contribution in [0.4, 0.5) is 0 Å². The standard InChI is InChI=1S/C19H28O/c1-3-15-20-19-13-11-18(12-14-19)10-9-17-7-5-16(4-2)6-8-17/h3,11-14,16-17H,1,4-10,15H2,2H3. The molecule has 1 aliphatic rings. The Morgan fingerprint density at radius 3 is 2.35 bits per heavy atom. The van der Waals surface area contributed by atoms with Gasteiger partial charge in [0.15, 0.2) is 0 Å². The third kappa shape index (κ3) is 4.70. The minimum Gasteiger partial charge on any atom is -0.490 e. The fraction of sp³-hybridized carbons (Fsp3) is 0.579. The van der Waals surface area contributed by atoms with E-state index in [-0.39, 0.29) is 0 Å². The molecule has 0 radical (unpaired) electrons. The molecule has 1 nitrogen and oxygen atoms in total. The summed E-state index contributed by atoms with van der Waals surface area (Å²) in [7, 11) is 0. The van der Waals surface area contributed by atoms with Gasteiger partial charge in [0.05, 0.1) is 0 Å². The normalized spacial score (nSPS) is 22.4. The molecular weight excluding hydrogens is 244 g/mol. The zero-order valence-electron chi connectivity index (χ0n) is 12.8. The largest absolute Gasteiger partial charge is 0.490 e. The zero-order valence-corrected chi connectivity index (χ0v) is 12.8. The predicted molar refractivity (Wildman–Crippen MR) is 86.2 cm³/mol. The van der Waals surface area contributed by atoms with Crippen LogP contribution >= 0.6 is 0 Å². The molecule has 0 aromatic heterocycles. The molecule has 1 saturated carbocycles. The van der Waals surface area contributed by atoms with Gasteiger partial charge in [-0.25, -0.2) is 0 Å². The van der Waals surface area contributed by atoms with Crippen molar-refractivity contribution in [3.8, 4) is 5.75 Å². The van der Waals surface area contributed by atoms with Crippen LogP contribution in [0.5, 0.6) is 5.75 Å². The van der Waals surface area contributed by atoms with E-state index in [9.17, 15) is 0 Å². The smallest absolute Gasteiger partial charge is 0.119 e. The lowest BCUT2D eigenvalue weighted by atomic mass is 9.78. The second kappa shape index (κ2) is 8.14. The lowest BCUT2D eigenvalue weighted by Crippen LogP contribution is -2.14. The predicted octanol–water partition coefficient (Wildman–Crippen LogP) is 5.40. The minimum absolute atomic E-state index is 0.583. The van der Waals surface area contributed by atoms with Gasteiger partial charge in [-0.3, -0.25) is 0 Å². The third-order valence-electron chi connectivity index (χ3n) is 4.68. The van der Waals surface area contributed by atoms with Crippen LogP contribution in [0, 0.1) is 11.8 Å². The first-order chi connectivity index (χ1) is 9.81. The molecule has 0 amide bonds. The molecule has 20 heavy (non-hydrogen) atoms. The van der Waals surface area contributed by atoms with Crippen molar-refractivity contribution < 1.29 is 4.74 Å². The van der Waals surface area contributed by atoms with Crippen LogP contribution in [-0.4, -0.2) is 6.61 Å². The number of rotatable bonds is 7. The Morgan fingerprint density at radius 2 is 1.75 bits per heavy atom. The molecule has 0 N–H and O–H groups in total. The Hall–Kier alpha value is -1.24. The number of hydrogen-bond acceptors (Lipinski definition) is 1. The fourth-order valence-corrected chi connectivity index (χ4v) is 3.21. The molecule has 0 atom stereocenters. The topological polar surface area (TPSA) is 9.23 Å². The second-order valence-electron chi connectivity index (χ2n) is 6.08. The van der Waals surface area contributed by atoms with E-state index in [1.165, 1.54) is 50.5 Å². The van der Waals surface area contributed by atoms with Gasteiger partial charge in [-0.1, -0.05) is 63.8 Å². The van der Waals surface area contributed by atoms with E-state index in [4.69, 9.17) is 4.74 Å². The molecule has 1 heteroatoms. The van der Waals surface area contributed by atoms with E-state index < -0.39 is 0 Å². The summed E-state index contributed by atoms with van der Waals surface area (Å²) in [6, 6.07) is 8.56. The van der Waals surface area contributed by atoms with E-state index in [0.717, 1.165) is 17.6 Å². The number of hydrogen-bond donors (Lipinski definition) is 0. The van der Waals surface area contributed by atoms with Crippen molar-refractivity contribution in [2.24, 2.45) is 11.8 Å². The Bertz CT molecular complexity index is 385. The maximum Gasteiger partial charge on any atom is 0.119 e. The van der Waals surface area contributed by atoms with Crippen molar-refractivity contribution in [2.75, 3.05) is 6.61 Å². The first kappa shape index (κ1) is 15.2. The van der Waals surface area contributed by atoms with Crippen LogP contribution in [0.1, 0.15) is 51.0 Å². The average Bonchev–Trinajstić information content (AvgIpc) is 2.52. The van der Waals surface area contributed by atoms with E-state index in [2.05, 4.69) is 37.8 Å². The van der Waals surface area contributed by atoms with Crippen LogP contribution in [0.15, 0.2) is 36.9 Å². The van der Waals surface area contributed by atoms with Crippen LogP contribution in [0.25, 0.3) is 0 Å². The highest BCUT2D eigenvalue weighted by Gasteiger charge is 2.19. The van der Waals surface area contributed by atoms with E-state index in [1.807, 2.05) is 0 Å². The highest BCUT2D eigenvalue weighted by molar-refractivity contribution is 5.27. The molecule has 0 heterocycles. The Labute approximate surface area is 124 Å². The van der Waals surface area contributed by atoms with Gasteiger partial charge in [0.1, 0.15) is 12.4 Å². The summed E-state index contributed by atoms with van der Waals surface area (Å²) in [5.74, 6) is 2.90. The lowest BCUT2D eigenvalue weighted by molar-refractivity contribution is 0.259. The van der Waals surface area contributed by atoms with Crippen LogP contribution in [0.2, 0.25) is 0 Å². The van der Waals surface area contributed by atoms with Crippen LogP contribution in [0.3, 0.4) is 0 Å². The average molecular weight is 272 g/mol. The van der Waals surface area contributed by atoms with E-state index in [0.29, 0.717) is 6.61 Å². The molecule has 0 bridgehead atoms. The summed E-state index contributed by atoms with van der Waals surface area (Å²) < 4.78 is 5.51. The first-order valence-electron chi connectivity index (χ1n) is 8.14. The van der Waals surface area contributed by atoms with Gasteiger partial charge in [0, 0.05) is 0 Å². The molecule has 1 fully saturated rings. The van der Waals surface area contributed by atoms with Gasteiger partial charge < -0.3 is 4.74 Å². The molecule has 2 rings (SSSR count). The summed E-state index contributed by atoms with van der Waals surface area (Å²) in [6.45, 7) is 6.58. The fourth-order valence-electron chi connectivity index (χ4n) is 3.21. The Kier molecular flexibility index (Phi) is 6.17. The van der Waals surface area contributed by atoms with Crippen molar-refractivity contribution in [2.45, 2.75) is 51.9 Å². The zero-order chi connectivity index (χ0) is 14.2. The third-order valence-corrected chi connectivity index (χ3v) is 4.68. The molecule has 1 aliphatic carbocycles. The number of benzene rings is 1. The van der Waals surface area contributed by atoms with E-state index in [1.54, 1.807) is 6.08 Å². The lowest BCUT2D eigenvalue weighted by Gasteiger charge is -2.27. The van der Waals surface area contributed by atoms with E-state index >= 15 is 0 Å². The SMILES string of the molecule is C=CCOc1ccc(CCC2CCC(CC)CC2)cc1. The van der Waals surface area contributed by atoms with Crippen molar-refractivity contribution >= 4 is 0 Å². The van der Waals surface area contributed by atoms with Crippen molar-refractivity contribution in [1.82, 2.24) is 0 Å². The molecule has 1 aromatic carbocycles. The van der Waals surface area contributed by atoms with Gasteiger partial charge in [-0.15, -0.1) is 0 Å². The summed E-state index contributed by atoms with van der Waals surface area (Å²) >= 11 is 0. The van der Waals surface area contributed by atoms with Gasteiger partial charge in [-0.2, -0.15) is 0 Å². The van der Waals surface area contributed by atoms with Crippen LogP contribution in [-0.2, 0) is 6.42 Å². The quantitative estimate of drug-likeness (QED) is 0.604. The van der Waals surface area contributed by atoms with Gasteiger partial charge >= 0.3 is 0 Å². The van der Waals surface area contributed by atoms with Crippen molar-refractivity contribution in [3.63, 3.8) is 0 Å². The summed E-state index contributed by atoms with van der Waals surface area (Å²) in [4.78, 5) is 0. The Morgan fingerprint density at radius 1 is 1.10 bits per heavy atom. The maximum absolute atomic E-state index is 5.51. The second-order valence-corrected chi connectivity index (χ2v) is 6.08. The van der Waals surface area contributed by atoms with Crippen molar-refractivity contribution in [1.29, 1.82) is 0 Å². The Balaban J connectivity index is 1.72. The molecule has 1 aromatic rings. The number of aryl methyl sites for hydroxylation is 1. The monoisotopic (exact) mass is 272 g/mol. The summed E-state index contributed by atoms with van der Waals surface area (Å²) in [6.07, 6.45) is 11.5. The molecule has 0 spiro atoms. The van der Waals surface area contributed by atoms with Crippen molar-refractivity contribution in [3.05, 3.63) is 42.5 Å². The highest BCUT2D eigenvalue weighted by Crippen LogP contribution is 2.33. The summed E-state index contributed by atoms with van der Waals surface area (Å²) in [5.41, 5.74) is 1.44. The molecule has 0 saturated heterocycles. The summed E-state index contributed by atoms with van der Waals surface area (Å²) in [5, 5.41) is 0. The maximum atomic E-state index is 5.51. The number of ether oxygens (including phenoxy) is 1. The molecular formula is C19H28O. The minimum atomic E-state index is 0.583. The molecule has 110 valence electrons. The highest BCUT2D eigenvalue weighted by atomic mass is 16.5. The van der Waals surface area contributed by atoms with Gasteiger partial charge in [-0.05, 0) is 42.4 Å². The first-order valence-corrected chi connectivity index (χ1v) is 8.14. The van der Waals surface area contributed by atoms with Crippen LogP contribution < -0.4 is 4.74 Å².